The quantitative estimate of drug-likeness (QED) is 0.597. The number of carbonyl (C=O) groups excluding carboxylic acids is 1. The van der Waals surface area contributed by atoms with Crippen LogP contribution in [-0.2, 0) is 11.8 Å². The SMILES string of the molecule is C=CC(=O)N1CCCC(Nc2nc(Nc3cnn(C)c3)nc3[nH]ccc23)C1. The highest BCUT2D eigenvalue weighted by molar-refractivity contribution is 5.89. The van der Waals surface area contributed by atoms with E-state index >= 15 is 0 Å². The zero-order valence-corrected chi connectivity index (χ0v) is 15.1. The van der Waals surface area contributed by atoms with Crippen molar-refractivity contribution in [3.05, 3.63) is 37.3 Å². The van der Waals surface area contributed by atoms with Gasteiger partial charge in [-0.05, 0) is 25.0 Å². The van der Waals surface area contributed by atoms with Crippen LogP contribution in [0.3, 0.4) is 0 Å². The third-order valence-corrected chi connectivity index (χ3v) is 4.63. The lowest BCUT2D eigenvalue weighted by Gasteiger charge is -2.33. The van der Waals surface area contributed by atoms with E-state index in [1.54, 1.807) is 10.9 Å². The monoisotopic (exact) mass is 366 g/mol. The number of aryl methyl sites for hydroxylation is 1. The smallest absolute Gasteiger partial charge is 0.246 e. The molecule has 1 aliphatic heterocycles. The molecule has 4 rings (SSSR count). The van der Waals surface area contributed by atoms with E-state index in [1.165, 1.54) is 6.08 Å². The van der Waals surface area contributed by atoms with Gasteiger partial charge >= 0.3 is 0 Å². The number of hydrogen-bond donors (Lipinski definition) is 3. The summed E-state index contributed by atoms with van der Waals surface area (Å²) in [5, 5.41) is 11.7. The molecule has 1 aliphatic rings. The number of H-pyrrole nitrogens is 1. The number of likely N-dealkylation sites (tertiary alicyclic amines) is 1. The Morgan fingerprint density at radius 3 is 3.11 bits per heavy atom. The van der Waals surface area contributed by atoms with Crippen LogP contribution in [0.5, 0.6) is 0 Å². The van der Waals surface area contributed by atoms with Crippen LogP contribution in [0.15, 0.2) is 37.3 Å². The summed E-state index contributed by atoms with van der Waals surface area (Å²) < 4.78 is 1.71. The zero-order chi connectivity index (χ0) is 18.8. The molecule has 27 heavy (non-hydrogen) atoms. The average molecular weight is 366 g/mol. The Morgan fingerprint density at radius 2 is 2.33 bits per heavy atom. The molecule has 0 aliphatic carbocycles. The van der Waals surface area contributed by atoms with Gasteiger partial charge in [0, 0.05) is 38.6 Å². The highest BCUT2D eigenvalue weighted by Crippen LogP contribution is 2.25. The third-order valence-electron chi connectivity index (χ3n) is 4.63. The van der Waals surface area contributed by atoms with Crippen molar-refractivity contribution in [1.82, 2.24) is 29.6 Å². The number of nitrogens with one attached hydrogen (secondary N) is 3. The maximum Gasteiger partial charge on any atom is 0.246 e. The summed E-state index contributed by atoms with van der Waals surface area (Å²) in [5.74, 6) is 1.19. The zero-order valence-electron chi connectivity index (χ0n) is 15.1. The third kappa shape index (κ3) is 3.62. The van der Waals surface area contributed by atoms with Gasteiger partial charge in [-0.15, -0.1) is 0 Å². The Kier molecular flexibility index (Phi) is 4.49. The van der Waals surface area contributed by atoms with Crippen molar-refractivity contribution < 1.29 is 4.79 Å². The molecule has 1 atom stereocenters. The van der Waals surface area contributed by atoms with Crippen molar-refractivity contribution in [3.8, 4) is 0 Å². The van der Waals surface area contributed by atoms with E-state index in [-0.39, 0.29) is 11.9 Å². The summed E-state index contributed by atoms with van der Waals surface area (Å²) in [6.45, 7) is 4.98. The van der Waals surface area contributed by atoms with Crippen LogP contribution in [0.25, 0.3) is 11.0 Å². The van der Waals surface area contributed by atoms with Gasteiger partial charge in [-0.3, -0.25) is 9.48 Å². The van der Waals surface area contributed by atoms with Gasteiger partial charge in [-0.2, -0.15) is 15.1 Å². The molecule has 1 amide bonds. The molecule has 1 saturated heterocycles. The highest BCUT2D eigenvalue weighted by Gasteiger charge is 2.23. The molecule has 0 aromatic carbocycles. The van der Waals surface area contributed by atoms with Crippen molar-refractivity contribution in [3.63, 3.8) is 0 Å². The number of carbonyl (C=O) groups is 1. The van der Waals surface area contributed by atoms with Crippen molar-refractivity contribution in [1.29, 1.82) is 0 Å². The second-order valence-corrected chi connectivity index (χ2v) is 6.64. The number of piperidine rings is 1. The van der Waals surface area contributed by atoms with Gasteiger partial charge in [0.2, 0.25) is 11.9 Å². The number of hydrogen-bond acceptors (Lipinski definition) is 6. The van der Waals surface area contributed by atoms with E-state index in [9.17, 15) is 4.79 Å². The molecule has 3 N–H and O–H groups in total. The Balaban J connectivity index is 1.57. The Bertz CT molecular complexity index is 975. The van der Waals surface area contributed by atoms with Crippen molar-refractivity contribution >= 4 is 34.4 Å². The summed E-state index contributed by atoms with van der Waals surface area (Å²) in [4.78, 5) is 26.0. The minimum atomic E-state index is -0.0325. The summed E-state index contributed by atoms with van der Waals surface area (Å²) in [6, 6.07) is 2.07. The van der Waals surface area contributed by atoms with Crippen LogP contribution in [0.2, 0.25) is 0 Å². The first-order valence-electron chi connectivity index (χ1n) is 8.91. The number of amides is 1. The summed E-state index contributed by atoms with van der Waals surface area (Å²) in [7, 11) is 1.85. The molecule has 0 bridgehead atoms. The predicted octanol–water partition coefficient (Wildman–Crippen LogP) is 2.02. The minimum absolute atomic E-state index is 0.0325. The van der Waals surface area contributed by atoms with E-state index in [4.69, 9.17) is 0 Å². The van der Waals surface area contributed by atoms with Crippen molar-refractivity contribution in [2.75, 3.05) is 23.7 Å². The van der Waals surface area contributed by atoms with Gasteiger partial charge < -0.3 is 20.5 Å². The van der Waals surface area contributed by atoms with E-state index in [0.29, 0.717) is 12.5 Å². The maximum atomic E-state index is 11.9. The highest BCUT2D eigenvalue weighted by atomic mass is 16.2. The second-order valence-electron chi connectivity index (χ2n) is 6.64. The normalized spacial score (nSPS) is 17.1. The van der Waals surface area contributed by atoms with Crippen LogP contribution in [0.4, 0.5) is 17.5 Å². The maximum absolute atomic E-state index is 11.9. The number of anilines is 3. The standard InChI is InChI=1S/C18H22N8O/c1-3-15(27)26-8-4-5-12(11-26)21-17-14-6-7-19-16(14)23-18(24-17)22-13-9-20-25(2)10-13/h3,6-7,9-10,12H,1,4-5,8,11H2,2H3,(H3,19,21,22,23,24). The van der Waals surface area contributed by atoms with E-state index in [2.05, 4.69) is 37.3 Å². The molecule has 0 saturated carbocycles. The van der Waals surface area contributed by atoms with Gasteiger partial charge in [0.1, 0.15) is 11.5 Å². The second kappa shape index (κ2) is 7.10. The van der Waals surface area contributed by atoms with Gasteiger partial charge in [-0.1, -0.05) is 6.58 Å². The molecule has 4 heterocycles. The lowest BCUT2D eigenvalue weighted by molar-refractivity contribution is -0.127. The van der Waals surface area contributed by atoms with Crippen molar-refractivity contribution in [2.45, 2.75) is 18.9 Å². The van der Waals surface area contributed by atoms with Crippen LogP contribution >= 0.6 is 0 Å². The van der Waals surface area contributed by atoms with Crippen LogP contribution in [-0.4, -0.2) is 54.7 Å². The van der Waals surface area contributed by atoms with Gasteiger partial charge in [-0.25, -0.2) is 0 Å². The fraction of sp³-hybridized carbons (Fsp3) is 0.333. The molecule has 140 valence electrons. The first kappa shape index (κ1) is 17.1. The molecular formula is C18H22N8O. The molecule has 3 aromatic rings. The first-order chi connectivity index (χ1) is 13.1. The lowest BCUT2D eigenvalue weighted by Crippen LogP contribution is -2.44. The Labute approximate surface area is 156 Å². The fourth-order valence-electron chi connectivity index (χ4n) is 3.34. The topological polar surface area (TPSA) is 104 Å². The summed E-state index contributed by atoms with van der Waals surface area (Å²) >= 11 is 0. The number of aromatic nitrogens is 5. The molecule has 9 nitrogen and oxygen atoms in total. The lowest BCUT2D eigenvalue weighted by atomic mass is 10.1. The van der Waals surface area contributed by atoms with Crippen molar-refractivity contribution in [2.24, 2.45) is 7.05 Å². The number of fused-ring (bicyclic) bond motifs is 1. The summed E-state index contributed by atoms with van der Waals surface area (Å²) in [5.41, 5.74) is 1.56. The van der Waals surface area contributed by atoms with E-state index in [0.717, 1.165) is 41.9 Å². The number of aromatic amines is 1. The predicted molar refractivity (Wildman–Crippen MR) is 104 cm³/mol. The Hall–Kier alpha value is -3.36. The van der Waals surface area contributed by atoms with Crippen LogP contribution in [0.1, 0.15) is 12.8 Å². The van der Waals surface area contributed by atoms with Crippen LogP contribution < -0.4 is 10.6 Å². The number of rotatable bonds is 5. The molecule has 0 spiro atoms. The largest absolute Gasteiger partial charge is 0.365 e. The molecule has 3 aromatic heterocycles. The summed E-state index contributed by atoms with van der Waals surface area (Å²) in [6.07, 6.45) is 8.70. The Morgan fingerprint density at radius 1 is 1.44 bits per heavy atom. The van der Waals surface area contributed by atoms with Crippen LogP contribution in [0, 0.1) is 0 Å². The van der Waals surface area contributed by atoms with E-state index in [1.807, 2.05) is 30.4 Å². The number of nitrogens with zero attached hydrogens (tertiary/aromatic N) is 5. The molecule has 9 heteroatoms. The minimum Gasteiger partial charge on any atom is -0.365 e. The van der Waals surface area contributed by atoms with E-state index < -0.39 is 0 Å². The molecular weight excluding hydrogens is 344 g/mol. The molecule has 0 radical (unpaired) electrons. The van der Waals surface area contributed by atoms with Gasteiger partial charge in [0.05, 0.1) is 17.3 Å². The van der Waals surface area contributed by atoms with Gasteiger partial charge in [0.15, 0.2) is 0 Å². The fourth-order valence-corrected chi connectivity index (χ4v) is 3.34. The first-order valence-corrected chi connectivity index (χ1v) is 8.91. The molecule has 1 unspecified atom stereocenters. The van der Waals surface area contributed by atoms with Gasteiger partial charge in [0.25, 0.3) is 0 Å². The molecule has 1 fully saturated rings. The average Bonchev–Trinajstić information content (AvgIpc) is 3.30.